The largest absolute Gasteiger partial charge is 0.465 e. The van der Waals surface area contributed by atoms with Gasteiger partial charge in [-0.3, -0.25) is 21.6 Å². The quantitative estimate of drug-likeness (QED) is 0.244. The zero-order valence-corrected chi connectivity index (χ0v) is 15.4. The van der Waals surface area contributed by atoms with Gasteiger partial charge in [-0.05, 0) is 41.7 Å². The predicted molar refractivity (Wildman–Crippen MR) is 101 cm³/mol. The van der Waals surface area contributed by atoms with E-state index in [2.05, 4.69) is 9.73 Å². The van der Waals surface area contributed by atoms with Crippen LogP contribution in [-0.4, -0.2) is 41.4 Å². The molecule has 2 unspecified atom stereocenters. The van der Waals surface area contributed by atoms with Crippen LogP contribution in [0.1, 0.15) is 28.8 Å². The highest BCUT2D eigenvalue weighted by atomic mass is 16.6. The summed E-state index contributed by atoms with van der Waals surface area (Å²) in [6.45, 7) is -0.422. The second-order valence-corrected chi connectivity index (χ2v) is 6.37. The average Bonchev–Trinajstić information content (AvgIpc) is 2.65. The molecule has 0 saturated heterocycles. The first-order valence-corrected chi connectivity index (χ1v) is 8.59. The van der Waals surface area contributed by atoms with Crippen LogP contribution in [0, 0.1) is 20.9 Å². The third kappa shape index (κ3) is 4.88. The molecule has 1 aromatic rings. The standard InChI is InChI=1S/C17H23N6O5/c1-28-16(24)11-7-5-10(6-8-11)3-2-4-12(9-22(25)26)13-14(18)21-17(20)23(27)15(13)19/h5-8,12,15H,2-4,9,18-19H2,1H3,(H2,20,21)/q+1. The van der Waals surface area contributed by atoms with E-state index in [1.165, 1.54) is 7.11 Å². The maximum Gasteiger partial charge on any atom is 0.429 e. The van der Waals surface area contributed by atoms with Crippen molar-refractivity contribution in [2.24, 2.45) is 28.1 Å². The number of hydrogen-bond donors (Lipinski definition) is 3. The fraction of sp³-hybridized carbons (Fsp3) is 0.412. The van der Waals surface area contributed by atoms with E-state index in [0.717, 1.165) is 5.56 Å². The maximum absolute atomic E-state index is 11.9. The van der Waals surface area contributed by atoms with Gasteiger partial charge >= 0.3 is 11.9 Å². The Balaban J connectivity index is 2.09. The molecule has 1 aliphatic heterocycles. The second-order valence-electron chi connectivity index (χ2n) is 6.37. The minimum atomic E-state index is -1.21. The predicted octanol–water partition coefficient (Wildman–Crippen LogP) is 0.251. The minimum Gasteiger partial charge on any atom is -0.465 e. The summed E-state index contributed by atoms with van der Waals surface area (Å²) in [5, 5.41) is 11.1. The van der Waals surface area contributed by atoms with Gasteiger partial charge < -0.3 is 10.5 Å². The van der Waals surface area contributed by atoms with Gasteiger partial charge in [-0.2, -0.15) is 0 Å². The lowest BCUT2D eigenvalue weighted by atomic mass is 9.89. The molecule has 2 atom stereocenters. The molecule has 1 heterocycles. The zero-order chi connectivity index (χ0) is 20.8. The van der Waals surface area contributed by atoms with Crippen molar-refractivity contribution in [3.63, 3.8) is 0 Å². The summed E-state index contributed by atoms with van der Waals surface area (Å²) in [5.41, 5.74) is 18.8. The van der Waals surface area contributed by atoms with Gasteiger partial charge in [0, 0.05) is 4.92 Å². The van der Waals surface area contributed by atoms with Crippen LogP contribution in [0.3, 0.4) is 0 Å². The number of carbonyl (C=O) groups excluding carboxylic acids is 1. The van der Waals surface area contributed by atoms with Gasteiger partial charge in [0.15, 0.2) is 6.17 Å². The summed E-state index contributed by atoms with van der Waals surface area (Å²) in [7, 11) is 1.31. The van der Waals surface area contributed by atoms with Gasteiger partial charge in [0.2, 0.25) is 12.4 Å². The molecule has 0 fully saturated rings. The summed E-state index contributed by atoms with van der Waals surface area (Å²) in [6, 6.07) is 6.89. The van der Waals surface area contributed by atoms with Gasteiger partial charge in [0.1, 0.15) is 0 Å². The molecule has 11 nitrogen and oxygen atoms in total. The number of nitro groups is 1. The molecule has 1 aromatic carbocycles. The number of nitrogens with zero attached hydrogens (tertiary/aromatic N) is 3. The van der Waals surface area contributed by atoms with E-state index in [0.29, 0.717) is 29.6 Å². The average molecular weight is 391 g/mol. The van der Waals surface area contributed by atoms with Crippen LogP contribution >= 0.6 is 0 Å². The normalized spacial score (nSPS) is 17.9. The summed E-state index contributed by atoms with van der Waals surface area (Å²) in [5.74, 6) is -1.49. The highest BCUT2D eigenvalue weighted by Gasteiger charge is 2.38. The zero-order valence-electron chi connectivity index (χ0n) is 15.4. The number of aryl methyl sites for hydroxylation is 1. The van der Waals surface area contributed by atoms with Crippen molar-refractivity contribution in [2.75, 3.05) is 13.7 Å². The molecule has 0 aromatic heterocycles. The van der Waals surface area contributed by atoms with Gasteiger partial charge in [-0.15, -0.1) is 0 Å². The fourth-order valence-corrected chi connectivity index (χ4v) is 3.11. The van der Waals surface area contributed by atoms with Crippen LogP contribution in [0.2, 0.25) is 0 Å². The lowest BCUT2D eigenvalue weighted by molar-refractivity contribution is -0.493. The number of nitroso groups, excluding NO2 is 1. The minimum absolute atomic E-state index is 0.0496. The summed E-state index contributed by atoms with van der Waals surface area (Å²) >= 11 is 0. The fourth-order valence-electron chi connectivity index (χ4n) is 3.11. The molecular weight excluding hydrogens is 368 g/mol. The highest BCUT2D eigenvalue weighted by Crippen LogP contribution is 2.26. The van der Waals surface area contributed by atoms with Crippen LogP contribution in [-0.2, 0) is 11.2 Å². The maximum atomic E-state index is 11.9. The third-order valence-electron chi connectivity index (χ3n) is 4.53. The number of carbonyl (C=O) groups is 1. The molecule has 6 N–H and O–H groups in total. The lowest BCUT2D eigenvalue weighted by Crippen LogP contribution is -2.48. The molecular formula is C17H23N6O5+. The van der Waals surface area contributed by atoms with Crippen molar-refractivity contribution in [3.8, 4) is 0 Å². The smallest absolute Gasteiger partial charge is 0.429 e. The highest BCUT2D eigenvalue weighted by molar-refractivity contribution is 5.89. The van der Waals surface area contributed by atoms with Crippen LogP contribution < -0.4 is 17.2 Å². The summed E-state index contributed by atoms with van der Waals surface area (Å²) < 4.78 is 4.94. The van der Waals surface area contributed by atoms with Gasteiger partial charge in [-0.1, -0.05) is 22.0 Å². The van der Waals surface area contributed by atoms with Gasteiger partial charge in [-0.25, -0.2) is 4.79 Å². The van der Waals surface area contributed by atoms with Crippen LogP contribution in [0.5, 0.6) is 0 Å². The Morgan fingerprint density at radius 3 is 2.57 bits per heavy atom. The van der Waals surface area contributed by atoms with E-state index in [9.17, 15) is 19.8 Å². The van der Waals surface area contributed by atoms with Crippen LogP contribution in [0.25, 0.3) is 0 Å². The van der Waals surface area contributed by atoms with Crippen molar-refractivity contribution < 1.29 is 19.2 Å². The van der Waals surface area contributed by atoms with Crippen molar-refractivity contribution >= 4 is 11.9 Å². The van der Waals surface area contributed by atoms with E-state index in [-0.39, 0.29) is 17.4 Å². The molecule has 0 bridgehead atoms. The molecule has 11 heteroatoms. The SMILES string of the molecule is COC(=O)c1ccc(CCCC(C[N+](=O)[O-])C2=C(N)N=C(N)[N+](=O)C2N)cc1. The number of methoxy groups -OCH3 is 1. The van der Waals surface area contributed by atoms with Crippen molar-refractivity contribution in [1.82, 2.24) is 0 Å². The number of nitrogens with two attached hydrogens (primary N) is 3. The number of rotatable bonds is 8. The first-order valence-electron chi connectivity index (χ1n) is 8.59. The Bertz CT molecular complexity index is 833. The molecule has 28 heavy (non-hydrogen) atoms. The Morgan fingerprint density at radius 1 is 1.36 bits per heavy atom. The molecule has 150 valence electrons. The third-order valence-corrected chi connectivity index (χ3v) is 4.53. The molecule has 0 spiro atoms. The van der Waals surface area contributed by atoms with Gasteiger partial charge in [0.25, 0.3) is 0 Å². The molecule has 0 saturated carbocycles. The van der Waals surface area contributed by atoms with Crippen LogP contribution in [0.4, 0.5) is 0 Å². The number of aliphatic imine (C=N–C) groups is 1. The molecule has 2 rings (SSSR count). The first-order chi connectivity index (χ1) is 13.2. The van der Waals surface area contributed by atoms with Crippen molar-refractivity contribution in [3.05, 3.63) is 61.8 Å². The second kappa shape index (κ2) is 9.04. The van der Waals surface area contributed by atoms with E-state index >= 15 is 0 Å². The number of guanidine groups is 1. The Kier molecular flexibility index (Phi) is 6.77. The number of ether oxygens (including phenoxy) is 1. The Morgan fingerprint density at radius 2 is 2.00 bits per heavy atom. The lowest BCUT2D eigenvalue weighted by Gasteiger charge is -2.22. The van der Waals surface area contributed by atoms with E-state index in [4.69, 9.17) is 17.2 Å². The summed E-state index contributed by atoms with van der Waals surface area (Å²) in [4.78, 5) is 37.7. The number of benzene rings is 1. The molecule has 0 amide bonds. The Labute approximate surface area is 160 Å². The van der Waals surface area contributed by atoms with E-state index < -0.39 is 29.5 Å². The van der Waals surface area contributed by atoms with E-state index in [1.807, 2.05) is 0 Å². The Hall–Kier alpha value is -3.34. The summed E-state index contributed by atoms with van der Waals surface area (Å²) in [6.07, 6.45) is 0.372. The topological polar surface area (TPSA) is 180 Å². The number of esters is 1. The number of hydrogen-bond acceptors (Lipinski definition) is 9. The van der Waals surface area contributed by atoms with Gasteiger partial charge in [0.05, 0.1) is 24.2 Å². The van der Waals surface area contributed by atoms with Crippen molar-refractivity contribution in [2.45, 2.75) is 25.4 Å². The first kappa shape index (κ1) is 21.0. The van der Waals surface area contributed by atoms with Crippen LogP contribution in [0.15, 0.2) is 40.7 Å². The molecule has 0 radical (unpaired) electrons. The van der Waals surface area contributed by atoms with Crippen molar-refractivity contribution in [1.29, 1.82) is 0 Å². The van der Waals surface area contributed by atoms with E-state index in [1.54, 1.807) is 24.3 Å². The molecule has 1 aliphatic rings. The molecule has 0 aliphatic carbocycles. The monoisotopic (exact) mass is 391 g/mol.